The van der Waals surface area contributed by atoms with Crippen LogP contribution in [0.3, 0.4) is 0 Å². The molecule has 2 aromatic rings. The van der Waals surface area contributed by atoms with Gasteiger partial charge in [-0.05, 0) is 23.3 Å². The molecule has 0 aromatic heterocycles. The summed E-state index contributed by atoms with van der Waals surface area (Å²) in [5.41, 5.74) is 1.97. The fraction of sp³-hybridized carbons (Fsp3) is 0.167. The zero-order chi connectivity index (χ0) is 17.5. The summed E-state index contributed by atoms with van der Waals surface area (Å²) in [6.45, 7) is -1.33. The Labute approximate surface area is 138 Å². The number of hydrogen-bond acceptors (Lipinski definition) is 3. The smallest absolute Gasteiger partial charge is 0.305 e. The molecule has 0 heterocycles. The van der Waals surface area contributed by atoms with E-state index in [2.05, 4.69) is 5.32 Å². The number of rotatable bonds is 7. The molecule has 6 heteroatoms. The van der Waals surface area contributed by atoms with Crippen LogP contribution in [-0.4, -0.2) is 35.5 Å². The van der Waals surface area contributed by atoms with Gasteiger partial charge < -0.3 is 10.4 Å². The Balaban J connectivity index is 2.20. The fourth-order valence-electron chi connectivity index (χ4n) is 2.23. The van der Waals surface area contributed by atoms with Gasteiger partial charge in [-0.3, -0.25) is 14.4 Å². The molecule has 0 saturated carbocycles. The van der Waals surface area contributed by atoms with Crippen LogP contribution in [0, 0.1) is 0 Å². The van der Waals surface area contributed by atoms with Crippen LogP contribution in [0.25, 0.3) is 11.1 Å². The van der Waals surface area contributed by atoms with Crippen LogP contribution < -0.4 is 5.32 Å². The minimum atomic E-state index is -1.39. The third kappa shape index (κ3) is 4.49. The number of carbonyl (C=O) groups excluding carboxylic acids is 2. The maximum Gasteiger partial charge on any atom is 0.305 e. The molecule has 0 aliphatic heterocycles. The van der Waals surface area contributed by atoms with E-state index in [4.69, 9.17) is 5.11 Å². The number of amides is 1. The summed E-state index contributed by atoms with van der Waals surface area (Å²) in [5.74, 6) is -2.88. The van der Waals surface area contributed by atoms with Gasteiger partial charge in [0, 0.05) is 5.56 Å². The van der Waals surface area contributed by atoms with Gasteiger partial charge in [0.1, 0.15) is 12.7 Å². The number of carboxylic acid groups (broad SMARTS) is 1. The lowest BCUT2D eigenvalue weighted by molar-refractivity contribution is -0.139. The molecule has 0 aliphatic carbocycles. The number of nitrogens with one attached hydrogen (secondary N) is 1. The molecule has 2 rings (SSSR count). The lowest BCUT2D eigenvalue weighted by Crippen LogP contribution is -2.43. The highest BCUT2D eigenvalue weighted by Gasteiger charge is 2.24. The molecule has 0 radical (unpaired) electrons. The Bertz CT molecular complexity index is 746. The highest BCUT2D eigenvalue weighted by Crippen LogP contribution is 2.20. The van der Waals surface area contributed by atoms with Gasteiger partial charge >= 0.3 is 5.97 Å². The van der Waals surface area contributed by atoms with Gasteiger partial charge in [0.25, 0.3) is 5.91 Å². The lowest BCUT2D eigenvalue weighted by Gasteiger charge is -2.14. The van der Waals surface area contributed by atoms with E-state index in [0.717, 1.165) is 11.1 Å². The van der Waals surface area contributed by atoms with E-state index < -0.39 is 36.8 Å². The summed E-state index contributed by atoms with van der Waals surface area (Å²) in [4.78, 5) is 34.5. The molecule has 0 aliphatic rings. The second-order valence-corrected chi connectivity index (χ2v) is 5.17. The van der Waals surface area contributed by atoms with Crippen molar-refractivity contribution in [2.45, 2.75) is 12.5 Å². The van der Waals surface area contributed by atoms with E-state index in [1.807, 2.05) is 36.4 Å². The van der Waals surface area contributed by atoms with Gasteiger partial charge in [0.2, 0.25) is 0 Å². The number of benzene rings is 2. The van der Waals surface area contributed by atoms with Crippen molar-refractivity contribution in [3.8, 4) is 11.1 Å². The molecule has 0 bridgehead atoms. The van der Waals surface area contributed by atoms with Crippen molar-refractivity contribution in [1.29, 1.82) is 0 Å². The maximum atomic E-state index is 12.5. The van der Waals surface area contributed by atoms with Crippen LogP contribution in [0.1, 0.15) is 16.8 Å². The summed E-state index contributed by atoms with van der Waals surface area (Å²) in [6, 6.07) is 14.7. The Morgan fingerprint density at radius 3 is 2.29 bits per heavy atom. The van der Waals surface area contributed by atoms with Gasteiger partial charge in [-0.15, -0.1) is 0 Å². The van der Waals surface area contributed by atoms with Crippen molar-refractivity contribution in [3.05, 3.63) is 60.2 Å². The number of aliphatic carboxylic acids is 1. The van der Waals surface area contributed by atoms with Gasteiger partial charge in [-0.25, -0.2) is 4.39 Å². The molecule has 5 nitrogen and oxygen atoms in total. The van der Waals surface area contributed by atoms with Crippen molar-refractivity contribution in [2.24, 2.45) is 0 Å². The van der Waals surface area contributed by atoms with Crippen LogP contribution in [-0.2, 0) is 9.59 Å². The predicted molar refractivity (Wildman–Crippen MR) is 86.4 cm³/mol. The Hall–Kier alpha value is -3.02. The molecular formula is C18H16FNO4. The van der Waals surface area contributed by atoms with E-state index in [0.29, 0.717) is 0 Å². The number of Topliss-reactive ketones (excluding diaryl/α,β-unsaturated/α-hetero) is 1. The first-order chi connectivity index (χ1) is 11.5. The minimum Gasteiger partial charge on any atom is -0.481 e. The summed E-state index contributed by atoms with van der Waals surface area (Å²) in [6.07, 6.45) is -0.660. The summed E-state index contributed by atoms with van der Waals surface area (Å²) < 4.78 is 12.5. The van der Waals surface area contributed by atoms with Crippen molar-refractivity contribution in [1.82, 2.24) is 5.32 Å². The van der Waals surface area contributed by atoms with Gasteiger partial charge in [0.05, 0.1) is 6.42 Å². The van der Waals surface area contributed by atoms with Crippen molar-refractivity contribution >= 4 is 17.7 Å². The number of carboxylic acids is 1. The van der Waals surface area contributed by atoms with E-state index in [-0.39, 0.29) is 5.56 Å². The predicted octanol–water partition coefficient (Wildman–Crippen LogP) is 2.47. The monoisotopic (exact) mass is 329 g/mol. The van der Waals surface area contributed by atoms with Crippen LogP contribution in [0.2, 0.25) is 0 Å². The SMILES string of the molecule is O=C(O)CC(NC(=O)c1cccc(-c2ccccc2)c1)C(=O)CF. The number of carbonyl (C=O) groups is 3. The molecule has 0 saturated heterocycles. The van der Waals surface area contributed by atoms with Crippen LogP contribution in [0.5, 0.6) is 0 Å². The molecule has 1 amide bonds. The van der Waals surface area contributed by atoms with Crippen molar-refractivity contribution < 1.29 is 23.9 Å². The Morgan fingerprint density at radius 1 is 1.00 bits per heavy atom. The average molecular weight is 329 g/mol. The Kier molecular flexibility index (Phi) is 5.78. The molecular weight excluding hydrogens is 313 g/mol. The quantitative estimate of drug-likeness (QED) is 0.817. The molecule has 124 valence electrons. The topological polar surface area (TPSA) is 83.5 Å². The zero-order valence-corrected chi connectivity index (χ0v) is 12.7. The standard InChI is InChI=1S/C18H16FNO4/c19-11-16(21)15(10-17(22)23)20-18(24)14-8-4-7-13(9-14)12-5-2-1-3-6-12/h1-9,15H,10-11H2,(H,20,24)(H,22,23). The van der Waals surface area contributed by atoms with Crippen molar-refractivity contribution in [3.63, 3.8) is 0 Å². The third-order valence-electron chi connectivity index (χ3n) is 3.44. The molecule has 0 fully saturated rings. The summed E-state index contributed by atoms with van der Waals surface area (Å²) in [7, 11) is 0. The Morgan fingerprint density at radius 2 is 1.67 bits per heavy atom. The maximum absolute atomic E-state index is 12.5. The molecule has 2 aromatic carbocycles. The van der Waals surface area contributed by atoms with Crippen molar-refractivity contribution in [2.75, 3.05) is 6.67 Å². The van der Waals surface area contributed by atoms with E-state index in [1.165, 1.54) is 0 Å². The van der Waals surface area contributed by atoms with E-state index in [9.17, 15) is 18.8 Å². The van der Waals surface area contributed by atoms with Crippen LogP contribution in [0.4, 0.5) is 4.39 Å². The highest BCUT2D eigenvalue weighted by atomic mass is 19.1. The summed E-state index contributed by atoms with van der Waals surface area (Å²) >= 11 is 0. The van der Waals surface area contributed by atoms with Gasteiger partial charge in [0.15, 0.2) is 5.78 Å². The largest absolute Gasteiger partial charge is 0.481 e. The fourth-order valence-corrected chi connectivity index (χ4v) is 2.23. The number of ketones is 1. The first kappa shape index (κ1) is 17.3. The van der Waals surface area contributed by atoms with Gasteiger partial charge in [-0.2, -0.15) is 0 Å². The normalized spacial score (nSPS) is 11.5. The highest BCUT2D eigenvalue weighted by molar-refractivity contribution is 6.00. The van der Waals surface area contributed by atoms with Gasteiger partial charge in [-0.1, -0.05) is 42.5 Å². The molecule has 2 N–H and O–H groups in total. The molecule has 24 heavy (non-hydrogen) atoms. The van der Waals surface area contributed by atoms with Crippen LogP contribution in [0.15, 0.2) is 54.6 Å². The second kappa shape index (κ2) is 8.01. The van der Waals surface area contributed by atoms with E-state index >= 15 is 0 Å². The zero-order valence-electron chi connectivity index (χ0n) is 12.7. The first-order valence-corrected chi connectivity index (χ1v) is 7.28. The number of alkyl halides is 1. The minimum absolute atomic E-state index is 0.262. The molecule has 1 unspecified atom stereocenters. The van der Waals surface area contributed by atoms with Crippen LogP contribution >= 0.6 is 0 Å². The van der Waals surface area contributed by atoms with E-state index in [1.54, 1.807) is 18.2 Å². The molecule has 0 spiro atoms. The number of halogens is 1. The number of hydrogen-bond donors (Lipinski definition) is 2. The third-order valence-corrected chi connectivity index (χ3v) is 3.44. The second-order valence-electron chi connectivity index (χ2n) is 5.17. The lowest BCUT2D eigenvalue weighted by atomic mass is 10.0. The first-order valence-electron chi connectivity index (χ1n) is 7.28. The molecule has 1 atom stereocenters. The summed E-state index contributed by atoms with van der Waals surface area (Å²) in [5, 5.41) is 11.1. The average Bonchev–Trinajstić information content (AvgIpc) is 2.61.